The Labute approximate surface area is 148 Å². The molecule has 0 N–H and O–H groups in total. The van der Waals surface area contributed by atoms with Crippen LogP contribution in [0, 0.1) is 43.7 Å². The number of benzene rings is 2. The summed E-state index contributed by atoms with van der Waals surface area (Å²) in [5.41, 5.74) is 3.65. The quantitative estimate of drug-likeness (QED) is 0.658. The molecule has 0 atom stereocenters. The van der Waals surface area contributed by atoms with Crippen molar-refractivity contribution in [3.8, 4) is 11.8 Å². The average Bonchev–Trinajstić information content (AvgIpc) is 2.51. The van der Waals surface area contributed by atoms with E-state index in [1.165, 1.54) is 18.2 Å². The normalized spacial score (nSPS) is 9.64. The Morgan fingerprint density at radius 3 is 2.32 bits per heavy atom. The van der Waals surface area contributed by atoms with E-state index in [9.17, 15) is 8.78 Å². The van der Waals surface area contributed by atoms with Crippen molar-refractivity contribution in [2.45, 2.75) is 34.1 Å². The Morgan fingerprint density at radius 1 is 1.12 bits per heavy atom. The van der Waals surface area contributed by atoms with Gasteiger partial charge in [0.25, 0.3) is 0 Å². The Hall–Kier alpha value is -2.67. The first-order valence-corrected chi connectivity index (χ1v) is 7.94. The highest BCUT2D eigenvalue weighted by Crippen LogP contribution is 2.23. The highest BCUT2D eigenvalue weighted by molar-refractivity contribution is 5.48. The number of hydrogen-bond donors (Lipinski definition) is 0. The minimum atomic E-state index is -0.387. The van der Waals surface area contributed by atoms with Crippen LogP contribution in [0.25, 0.3) is 0 Å². The van der Waals surface area contributed by atoms with E-state index in [4.69, 9.17) is 10.00 Å². The molecule has 2 rings (SSSR count). The average molecular weight is 343 g/mol. The highest BCUT2D eigenvalue weighted by Gasteiger charge is 2.09. The van der Waals surface area contributed by atoms with Crippen LogP contribution in [0.4, 0.5) is 8.78 Å². The van der Waals surface area contributed by atoms with Gasteiger partial charge in [0, 0.05) is 12.5 Å². The summed E-state index contributed by atoms with van der Waals surface area (Å²) < 4.78 is 31.1. The third-order valence-electron chi connectivity index (χ3n) is 3.49. The van der Waals surface area contributed by atoms with Gasteiger partial charge in [-0.3, -0.25) is 0 Å². The molecular formula is C21H23F2NO. The zero-order valence-corrected chi connectivity index (χ0v) is 15.1. The predicted molar refractivity (Wildman–Crippen MR) is 96.7 cm³/mol. The summed E-state index contributed by atoms with van der Waals surface area (Å²) in [5, 5.41) is 8.93. The molecule has 2 aromatic rings. The van der Waals surface area contributed by atoms with Crippen LogP contribution in [0.3, 0.4) is 0 Å². The second kappa shape index (κ2) is 9.58. The summed E-state index contributed by atoms with van der Waals surface area (Å²) in [5.74, 6) is -0.196. The van der Waals surface area contributed by atoms with Gasteiger partial charge in [-0.05, 0) is 56.5 Å². The topological polar surface area (TPSA) is 33.0 Å². The standard InChI is InChI=1S/C13H14FNO.C8H9F/c1-9(2)4-5-16-13-7-11(14)6-10(3)12(13)8-15;1-6-3-4-7(2)8(9)5-6/h6-7H,1,4-5H2,2-3H3;3-5H,1-2H3. The number of nitriles is 1. The SMILES string of the molecule is C=C(C)CCOc1cc(F)cc(C)c1C#N.Cc1ccc(C)c(F)c1. The van der Waals surface area contributed by atoms with E-state index in [0.29, 0.717) is 35.5 Å². The predicted octanol–water partition coefficient (Wildman–Crippen LogP) is 5.79. The van der Waals surface area contributed by atoms with E-state index in [-0.39, 0.29) is 11.6 Å². The maximum atomic E-state index is 13.1. The molecule has 0 saturated heterocycles. The molecule has 2 nitrogen and oxygen atoms in total. The maximum Gasteiger partial charge on any atom is 0.140 e. The molecule has 0 unspecified atom stereocenters. The van der Waals surface area contributed by atoms with Crippen LogP contribution in [-0.2, 0) is 0 Å². The molecule has 0 fully saturated rings. The lowest BCUT2D eigenvalue weighted by Gasteiger charge is -2.09. The summed E-state index contributed by atoms with van der Waals surface area (Å²) in [7, 11) is 0. The minimum absolute atomic E-state index is 0.116. The van der Waals surface area contributed by atoms with E-state index in [2.05, 4.69) is 6.58 Å². The van der Waals surface area contributed by atoms with Gasteiger partial charge in [0.2, 0.25) is 0 Å². The molecule has 0 radical (unpaired) electrons. The fourth-order valence-electron chi connectivity index (χ4n) is 2.00. The number of aryl methyl sites for hydroxylation is 3. The lowest BCUT2D eigenvalue weighted by Crippen LogP contribution is -2.01. The summed E-state index contributed by atoms with van der Waals surface area (Å²) in [4.78, 5) is 0. The fraction of sp³-hybridized carbons (Fsp3) is 0.286. The highest BCUT2D eigenvalue weighted by atomic mass is 19.1. The first-order valence-electron chi connectivity index (χ1n) is 7.94. The van der Waals surface area contributed by atoms with Crippen molar-refractivity contribution >= 4 is 0 Å². The van der Waals surface area contributed by atoms with E-state index in [0.717, 1.165) is 11.1 Å². The number of hydrogen-bond acceptors (Lipinski definition) is 2. The maximum absolute atomic E-state index is 13.1. The van der Waals surface area contributed by atoms with Crippen molar-refractivity contribution in [3.05, 3.63) is 76.4 Å². The van der Waals surface area contributed by atoms with Crippen LogP contribution in [0.1, 0.15) is 35.6 Å². The number of rotatable bonds is 4. The Kier molecular flexibility index (Phi) is 7.81. The number of nitrogens with zero attached hydrogens (tertiary/aromatic N) is 1. The van der Waals surface area contributed by atoms with Crippen LogP contribution in [0.2, 0.25) is 0 Å². The Bertz CT molecular complexity index is 791. The van der Waals surface area contributed by atoms with Crippen molar-refractivity contribution in [2.75, 3.05) is 6.61 Å². The lowest BCUT2D eigenvalue weighted by molar-refractivity contribution is 0.319. The molecule has 0 aromatic heterocycles. The van der Waals surface area contributed by atoms with Gasteiger partial charge in [-0.2, -0.15) is 5.26 Å². The van der Waals surface area contributed by atoms with Gasteiger partial charge >= 0.3 is 0 Å². The second-order valence-electron chi connectivity index (χ2n) is 6.02. The summed E-state index contributed by atoms with van der Waals surface area (Å²) in [6, 6.07) is 9.80. The molecule has 4 heteroatoms. The van der Waals surface area contributed by atoms with Crippen molar-refractivity contribution in [2.24, 2.45) is 0 Å². The summed E-state index contributed by atoms with van der Waals surface area (Å²) in [6.07, 6.45) is 0.695. The molecule has 0 aliphatic heterocycles. The van der Waals surface area contributed by atoms with Gasteiger partial charge in [-0.25, -0.2) is 8.78 Å². The molecule has 0 bridgehead atoms. The molecule has 0 aliphatic rings. The van der Waals surface area contributed by atoms with Crippen molar-refractivity contribution < 1.29 is 13.5 Å². The molecule has 0 spiro atoms. The first-order chi connectivity index (χ1) is 11.7. The fourth-order valence-corrected chi connectivity index (χ4v) is 2.00. The molecule has 2 aromatic carbocycles. The van der Waals surface area contributed by atoms with Gasteiger partial charge in [-0.15, -0.1) is 6.58 Å². The van der Waals surface area contributed by atoms with Crippen LogP contribution in [0.5, 0.6) is 5.75 Å². The molecule has 0 aliphatic carbocycles. The van der Waals surface area contributed by atoms with Crippen LogP contribution in [0.15, 0.2) is 42.5 Å². The smallest absolute Gasteiger partial charge is 0.140 e. The van der Waals surface area contributed by atoms with Gasteiger partial charge in [0.05, 0.1) is 12.2 Å². The summed E-state index contributed by atoms with van der Waals surface area (Å²) in [6.45, 7) is 11.4. The van der Waals surface area contributed by atoms with Crippen molar-refractivity contribution in [3.63, 3.8) is 0 Å². The van der Waals surface area contributed by atoms with Gasteiger partial charge in [-0.1, -0.05) is 17.7 Å². The van der Waals surface area contributed by atoms with Gasteiger partial charge < -0.3 is 4.74 Å². The Balaban J connectivity index is 0.000000293. The van der Waals surface area contributed by atoms with Crippen LogP contribution >= 0.6 is 0 Å². The zero-order chi connectivity index (χ0) is 19.0. The molecule has 25 heavy (non-hydrogen) atoms. The number of ether oxygens (including phenoxy) is 1. The van der Waals surface area contributed by atoms with Crippen molar-refractivity contribution in [1.29, 1.82) is 5.26 Å². The summed E-state index contributed by atoms with van der Waals surface area (Å²) >= 11 is 0. The van der Waals surface area contributed by atoms with Crippen molar-refractivity contribution in [1.82, 2.24) is 0 Å². The van der Waals surface area contributed by atoms with E-state index in [1.807, 2.05) is 26.0 Å². The Morgan fingerprint density at radius 2 is 1.80 bits per heavy atom. The minimum Gasteiger partial charge on any atom is -0.492 e. The third-order valence-corrected chi connectivity index (χ3v) is 3.49. The second-order valence-corrected chi connectivity index (χ2v) is 6.02. The lowest BCUT2D eigenvalue weighted by atomic mass is 10.1. The zero-order valence-electron chi connectivity index (χ0n) is 15.1. The van der Waals surface area contributed by atoms with Gasteiger partial charge in [0.15, 0.2) is 0 Å². The molecule has 0 saturated carbocycles. The van der Waals surface area contributed by atoms with E-state index < -0.39 is 0 Å². The molecular weight excluding hydrogens is 320 g/mol. The van der Waals surface area contributed by atoms with Crippen LogP contribution < -0.4 is 4.74 Å². The monoisotopic (exact) mass is 343 g/mol. The molecule has 132 valence electrons. The number of halogens is 2. The van der Waals surface area contributed by atoms with E-state index >= 15 is 0 Å². The molecule has 0 heterocycles. The molecule has 0 amide bonds. The largest absolute Gasteiger partial charge is 0.492 e. The first kappa shape index (κ1) is 20.4. The van der Waals surface area contributed by atoms with E-state index in [1.54, 1.807) is 19.9 Å². The third kappa shape index (κ3) is 6.76. The van der Waals surface area contributed by atoms with Crippen LogP contribution in [-0.4, -0.2) is 6.61 Å². The van der Waals surface area contributed by atoms with Gasteiger partial charge in [0.1, 0.15) is 23.5 Å².